The lowest BCUT2D eigenvalue weighted by atomic mass is 9.96. The first-order valence-electron chi connectivity index (χ1n) is 6.95. The molecule has 1 aliphatic heterocycles. The number of para-hydroxylation sites is 1. The summed E-state index contributed by atoms with van der Waals surface area (Å²) < 4.78 is 1.05. The first-order chi connectivity index (χ1) is 10.1. The summed E-state index contributed by atoms with van der Waals surface area (Å²) in [5, 5.41) is 3.50. The van der Waals surface area contributed by atoms with Crippen LogP contribution in [0.3, 0.4) is 0 Å². The average Bonchev–Trinajstić information content (AvgIpc) is 2.49. The Morgan fingerprint density at radius 1 is 1.19 bits per heavy atom. The van der Waals surface area contributed by atoms with Gasteiger partial charge < -0.3 is 10.2 Å². The number of rotatable bonds is 2. The van der Waals surface area contributed by atoms with Gasteiger partial charge in [0.15, 0.2) is 0 Å². The molecule has 1 amide bonds. The highest BCUT2D eigenvalue weighted by atomic mass is 79.9. The molecule has 0 saturated carbocycles. The van der Waals surface area contributed by atoms with Gasteiger partial charge in [-0.2, -0.15) is 0 Å². The van der Waals surface area contributed by atoms with Crippen LogP contribution < -0.4 is 10.2 Å². The van der Waals surface area contributed by atoms with E-state index in [1.807, 2.05) is 37.4 Å². The predicted molar refractivity (Wildman–Crippen MR) is 89.7 cm³/mol. The second kappa shape index (κ2) is 5.53. The molecule has 3 rings (SSSR count). The summed E-state index contributed by atoms with van der Waals surface area (Å²) in [6.45, 7) is 2.06. The number of nitrogens with zero attached hydrogens (tertiary/aromatic N) is 1. The van der Waals surface area contributed by atoms with E-state index in [4.69, 9.17) is 0 Å². The fourth-order valence-electron chi connectivity index (χ4n) is 2.72. The monoisotopic (exact) mass is 344 g/mol. The van der Waals surface area contributed by atoms with E-state index in [0.717, 1.165) is 21.4 Å². The fourth-order valence-corrected chi connectivity index (χ4v) is 3.10. The number of carbonyl (C=O) groups is 1. The molecular weight excluding hydrogens is 328 g/mol. The van der Waals surface area contributed by atoms with Crippen molar-refractivity contribution in [1.82, 2.24) is 0 Å². The molecule has 1 aliphatic rings. The highest BCUT2D eigenvalue weighted by Crippen LogP contribution is 2.37. The van der Waals surface area contributed by atoms with Gasteiger partial charge >= 0.3 is 0 Å². The van der Waals surface area contributed by atoms with Gasteiger partial charge in [-0.05, 0) is 46.1 Å². The predicted octanol–water partition coefficient (Wildman–Crippen LogP) is 4.28. The van der Waals surface area contributed by atoms with Gasteiger partial charge in [-0.3, -0.25) is 4.79 Å². The molecule has 4 heteroatoms. The maximum Gasteiger partial charge on any atom is 0.229 e. The fraction of sp³-hybridized carbons (Fsp3) is 0.235. The van der Waals surface area contributed by atoms with Gasteiger partial charge in [0.2, 0.25) is 5.91 Å². The van der Waals surface area contributed by atoms with Crippen molar-refractivity contribution in [3.8, 4) is 0 Å². The summed E-state index contributed by atoms with van der Waals surface area (Å²) in [6.07, 6.45) is 0.466. The maximum absolute atomic E-state index is 12.2. The minimum Gasteiger partial charge on any atom is -0.377 e. The molecule has 3 nitrogen and oxygen atoms in total. The number of anilines is 2. The Bertz CT molecular complexity index is 699. The highest BCUT2D eigenvalue weighted by Gasteiger charge is 2.29. The van der Waals surface area contributed by atoms with Crippen LogP contribution in [0.4, 0.5) is 11.4 Å². The molecule has 21 heavy (non-hydrogen) atoms. The Balaban J connectivity index is 1.98. The van der Waals surface area contributed by atoms with Gasteiger partial charge in [-0.1, -0.05) is 30.3 Å². The minimum atomic E-state index is 0.00278. The number of hydrogen-bond acceptors (Lipinski definition) is 2. The van der Waals surface area contributed by atoms with E-state index < -0.39 is 0 Å². The van der Waals surface area contributed by atoms with Crippen molar-refractivity contribution >= 4 is 33.2 Å². The molecule has 108 valence electrons. The van der Waals surface area contributed by atoms with Crippen molar-refractivity contribution in [2.24, 2.45) is 0 Å². The Morgan fingerprint density at radius 2 is 1.95 bits per heavy atom. The van der Waals surface area contributed by atoms with Crippen LogP contribution in [0.5, 0.6) is 0 Å². The molecule has 0 aromatic heterocycles. The van der Waals surface area contributed by atoms with Crippen LogP contribution in [0.15, 0.2) is 46.9 Å². The summed E-state index contributed by atoms with van der Waals surface area (Å²) in [5.41, 5.74) is 4.34. The zero-order valence-electron chi connectivity index (χ0n) is 12.1. The van der Waals surface area contributed by atoms with E-state index in [2.05, 4.69) is 40.3 Å². The standard InChI is InChI=1S/C17H17BrN2O/c1-11-6-5-8-13(17(11)18)19-14-10-16(21)20(2)15-9-4-3-7-12(14)15/h3-9,14,19H,10H2,1-2H3. The first-order valence-corrected chi connectivity index (χ1v) is 7.74. The molecule has 2 aromatic carbocycles. The van der Waals surface area contributed by atoms with E-state index in [-0.39, 0.29) is 11.9 Å². The lowest BCUT2D eigenvalue weighted by Gasteiger charge is -2.32. The molecule has 0 fully saturated rings. The van der Waals surface area contributed by atoms with Gasteiger partial charge in [0.25, 0.3) is 0 Å². The molecule has 1 N–H and O–H groups in total. The second-order valence-electron chi connectivity index (χ2n) is 5.35. The van der Waals surface area contributed by atoms with Crippen molar-refractivity contribution in [3.05, 3.63) is 58.1 Å². The molecular formula is C17H17BrN2O. The van der Waals surface area contributed by atoms with Crippen molar-refractivity contribution in [2.45, 2.75) is 19.4 Å². The van der Waals surface area contributed by atoms with Gasteiger partial charge in [-0.25, -0.2) is 0 Å². The van der Waals surface area contributed by atoms with Crippen LogP contribution >= 0.6 is 15.9 Å². The number of amides is 1. The zero-order valence-corrected chi connectivity index (χ0v) is 13.6. The third kappa shape index (κ3) is 2.56. The van der Waals surface area contributed by atoms with Crippen molar-refractivity contribution < 1.29 is 4.79 Å². The van der Waals surface area contributed by atoms with Crippen LogP contribution in [-0.4, -0.2) is 13.0 Å². The molecule has 0 bridgehead atoms. The van der Waals surface area contributed by atoms with Crippen LogP contribution in [0, 0.1) is 6.92 Å². The molecule has 1 unspecified atom stereocenters. The van der Waals surface area contributed by atoms with Crippen molar-refractivity contribution in [3.63, 3.8) is 0 Å². The van der Waals surface area contributed by atoms with E-state index in [0.29, 0.717) is 6.42 Å². The lowest BCUT2D eigenvalue weighted by molar-refractivity contribution is -0.118. The first kappa shape index (κ1) is 14.1. The molecule has 1 heterocycles. The number of aryl methyl sites for hydroxylation is 1. The summed E-state index contributed by atoms with van der Waals surface area (Å²) in [4.78, 5) is 13.9. The minimum absolute atomic E-state index is 0.00278. The van der Waals surface area contributed by atoms with Gasteiger partial charge in [0, 0.05) is 22.9 Å². The zero-order chi connectivity index (χ0) is 15.0. The van der Waals surface area contributed by atoms with Crippen molar-refractivity contribution in [1.29, 1.82) is 0 Å². The average molecular weight is 345 g/mol. The van der Waals surface area contributed by atoms with E-state index >= 15 is 0 Å². The molecule has 0 saturated heterocycles. The van der Waals surface area contributed by atoms with E-state index in [1.54, 1.807) is 4.90 Å². The number of benzene rings is 2. The summed E-state index contributed by atoms with van der Waals surface area (Å²) in [7, 11) is 1.83. The maximum atomic E-state index is 12.2. The largest absolute Gasteiger partial charge is 0.377 e. The van der Waals surface area contributed by atoms with Crippen LogP contribution in [0.1, 0.15) is 23.6 Å². The molecule has 0 radical (unpaired) electrons. The molecule has 0 aliphatic carbocycles. The summed E-state index contributed by atoms with van der Waals surface area (Å²) in [5.74, 6) is 0.134. The Morgan fingerprint density at radius 3 is 2.76 bits per heavy atom. The Labute approximate surface area is 133 Å². The highest BCUT2D eigenvalue weighted by molar-refractivity contribution is 9.10. The normalized spacial score (nSPS) is 17.6. The van der Waals surface area contributed by atoms with Crippen LogP contribution in [0.25, 0.3) is 0 Å². The van der Waals surface area contributed by atoms with Crippen molar-refractivity contribution in [2.75, 3.05) is 17.3 Å². The quantitative estimate of drug-likeness (QED) is 0.881. The number of hydrogen-bond donors (Lipinski definition) is 1. The lowest BCUT2D eigenvalue weighted by Crippen LogP contribution is -2.35. The van der Waals surface area contributed by atoms with Gasteiger partial charge in [-0.15, -0.1) is 0 Å². The molecule has 2 aromatic rings. The topological polar surface area (TPSA) is 32.3 Å². The molecule has 1 atom stereocenters. The van der Waals surface area contributed by atoms with Gasteiger partial charge in [0.05, 0.1) is 12.5 Å². The van der Waals surface area contributed by atoms with E-state index in [1.165, 1.54) is 5.56 Å². The third-order valence-corrected chi connectivity index (χ3v) is 5.00. The Hall–Kier alpha value is -1.81. The van der Waals surface area contributed by atoms with Crippen LogP contribution in [0.2, 0.25) is 0 Å². The summed E-state index contributed by atoms with van der Waals surface area (Å²) in [6, 6.07) is 14.2. The number of halogens is 1. The van der Waals surface area contributed by atoms with Gasteiger partial charge in [0.1, 0.15) is 0 Å². The van der Waals surface area contributed by atoms with Crippen LogP contribution in [-0.2, 0) is 4.79 Å². The number of nitrogens with one attached hydrogen (secondary N) is 1. The van der Waals surface area contributed by atoms with E-state index in [9.17, 15) is 4.79 Å². The molecule has 0 spiro atoms. The smallest absolute Gasteiger partial charge is 0.229 e. The second-order valence-corrected chi connectivity index (χ2v) is 6.14. The summed E-state index contributed by atoms with van der Waals surface area (Å²) >= 11 is 3.62. The third-order valence-electron chi connectivity index (χ3n) is 3.95. The number of fused-ring (bicyclic) bond motifs is 1. The number of carbonyl (C=O) groups excluding carboxylic acids is 1. The SMILES string of the molecule is Cc1cccc(NC2CC(=O)N(C)c3ccccc32)c1Br. The Kier molecular flexibility index (Phi) is 3.72.